The van der Waals surface area contributed by atoms with Gasteiger partial charge in [0.25, 0.3) is 5.91 Å². The number of carbonyl (C=O) groups is 1. The van der Waals surface area contributed by atoms with E-state index in [4.69, 9.17) is 0 Å². The molecule has 0 fully saturated rings. The summed E-state index contributed by atoms with van der Waals surface area (Å²) in [4.78, 5) is 16.2. The molecule has 0 aliphatic heterocycles. The second kappa shape index (κ2) is 7.50. The fraction of sp³-hybridized carbons (Fsp3) is 0.500. The fourth-order valence-corrected chi connectivity index (χ4v) is 2.06. The highest BCUT2D eigenvalue weighted by Gasteiger charge is 2.15. The molecule has 0 saturated heterocycles. The number of phenolic OH excluding ortho intramolecular Hbond substituents is 1. The van der Waals surface area contributed by atoms with Gasteiger partial charge in [-0.05, 0) is 68.1 Å². The molecular formula is C14H21BrN2O2. The van der Waals surface area contributed by atoms with Crippen molar-refractivity contribution in [1.82, 2.24) is 9.80 Å². The maximum atomic E-state index is 12.3. The quantitative estimate of drug-likeness (QED) is 0.872. The van der Waals surface area contributed by atoms with Gasteiger partial charge >= 0.3 is 0 Å². The number of hydrogen-bond donors (Lipinski definition) is 1. The zero-order chi connectivity index (χ0) is 14.4. The summed E-state index contributed by atoms with van der Waals surface area (Å²) in [6.07, 6.45) is 0.940. The molecule has 0 heterocycles. The molecule has 0 radical (unpaired) electrons. The topological polar surface area (TPSA) is 43.8 Å². The molecule has 5 heteroatoms. The van der Waals surface area contributed by atoms with E-state index >= 15 is 0 Å². The van der Waals surface area contributed by atoms with E-state index in [1.807, 2.05) is 21.0 Å². The number of aromatic hydroxyl groups is 1. The van der Waals surface area contributed by atoms with Crippen LogP contribution in [0.15, 0.2) is 22.7 Å². The summed E-state index contributed by atoms with van der Waals surface area (Å²) < 4.78 is 0.597. The van der Waals surface area contributed by atoms with Crippen LogP contribution in [-0.4, -0.2) is 54.5 Å². The van der Waals surface area contributed by atoms with Crippen LogP contribution in [0.4, 0.5) is 0 Å². The van der Waals surface area contributed by atoms with Gasteiger partial charge in [-0.25, -0.2) is 0 Å². The zero-order valence-electron chi connectivity index (χ0n) is 11.7. The Kier molecular flexibility index (Phi) is 6.31. The van der Waals surface area contributed by atoms with Crippen molar-refractivity contribution in [2.75, 3.05) is 33.7 Å². The molecule has 1 N–H and O–H groups in total. The van der Waals surface area contributed by atoms with E-state index in [2.05, 4.69) is 20.8 Å². The first-order chi connectivity index (χ1) is 8.95. The van der Waals surface area contributed by atoms with Crippen molar-refractivity contribution in [2.24, 2.45) is 0 Å². The van der Waals surface area contributed by atoms with Gasteiger partial charge in [0, 0.05) is 18.7 Å². The largest absolute Gasteiger partial charge is 0.507 e. The third-order valence-corrected chi connectivity index (χ3v) is 3.57. The predicted octanol–water partition coefficient (Wildman–Crippen LogP) is 2.57. The Morgan fingerprint density at radius 2 is 2.00 bits per heavy atom. The van der Waals surface area contributed by atoms with Gasteiger partial charge in [0.05, 0.1) is 4.47 Å². The number of amides is 1. The second-order valence-corrected chi connectivity index (χ2v) is 5.56. The number of carbonyl (C=O) groups excluding carboxylic acids is 1. The Bertz CT molecular complexity index is 435. The van der Waals surface area contributed by atoms with E-state index in [9.17, 15) is 9.90 Å². The molecule has 0 atom stereocenters. The van der Waals surface area contributed by atoms with Crippen molar-refractivity contribution in [3.63, 3.8) is 0 Å². The van der Waals surface area contributed by atoms with Crippen molar-refractivity contribution < 1.29 is 9.90 Å². The first kappa shape index (κ1) is 16.0. The number of nitrogens with zero attached hydrogens (tertiary/aromatic N) is 2. The van der Waals surface area contributed by atoms with E-state index in [-0.39, 0.29) is 11.7 Å². The van der Waals surface area contributed by atoms with Gasteiger partial charge in [0.2, 0.25) is 0 Å². The van der Waals surface area contributed by atoms with Crippen molar-refractivity contribution in [2.45, 2.75) is 13.3 Å². The van der Waals surface area contributed by atoms with Crippen LogP contribution >= 0.6 is 15.9 Å². The van der Waals surface area contributed by atoms with E-state index in [0.29, 0.717) is 16.6 Å². The monoisotopic (exact) mass is 328 g/mol. The summed E-state index contributed by atoms with van der Waals surface area (Å²) in [5.74, 6) is 0.0549. The Balaban J connectivity index is 2.69. The standard InChI is InChI=1S/C14H21BrN2O2/c1-4-17(9-5-8-16(2)3)14(19)11-6-7-12(15)13(18)10-11/h6-7,10,18H,4-5,8-9H2,1-3H3. The van der Waals surface area contributed by atoms with Crippen LogP contribution in [0.1, 0.15) is 23.7 Å². The molecule has 0 bridgehead atoms. The Hall–Kier alpha value is -1.07. The molecule has 106 valence electrons. The maximum Gasteiger partial charge on any atom is 0.253 e. The smallest absolute Gasteiger partial charge is 0.253 e. The van der Waals surface area contributed by atoms with Gasteiger partial charge in [0.15, 0.2) is 0 Å². The van der Waals surface area contributed by atoms with Crippen LogP contribution in [0.5, 0.6) is 5.75 Å². The summed E-state index contributed by atoms with van der Waals surface area (Å²) in [7, 11) is 4.04. The van der Waals surface area contributed by atoms with Gasteiger partial charge in [-0.2, -0.15) is 0 Å². The molecule has 1 rings (SSSR count). The van der Waals surface area contributed by atoms with Gasteiger partial charge in [-0.15, -0.1) is 0 Å². The van der Waals surface area contributed by atoms with E-state index < -0.39 is 0 Å². The molecule has 0 aliphatic carbocycles. The van der Waals surface area contributed by atoms with E-state index in [1.54, 1.807) is 17.0 Å². The van der Waals surface area contributed by atoms with E-state index in [0.717, 1.165) is 19.5 Å². The number of benzene rings is 1. The van der Waals surface area contributed by atoms with Gasteiger partial charge in [-0.3, -0.25) is 4.79 Å². The average Bonchev–Trinajstić information content (AvgIpc) is 2.37. The van der Waals surface area contributed by atoms with Crippen LogP contribution in [0.3, 0.4) is 0 Å². The summed E-state index contributed by atoms with van der Waals surface area (Å²) >= 11 is 3.21. The SMILES string of the molecule is CCN(CCCN(C)C)C(=O)c1ccc(Br)c(O)c1. The highest BCUT2D eigenvalue weighted by molar-refractivity contribution is 9.10. The first-order valence-electron chi connectivity index (χ1n) is 6.38. The first-order valence-corrected chi connectivity index (χ1v) is 7.17. The Labute approximate surface area is 123 Å². The molecule has 0 aliphatic rings. The maximum absolute atomic E-state index is 12.3. The molecular weight excluding hydrogens is 308 g/mol. The van der Waals surface area contributed by atoms with Crippen LogP contribution in [0, 0.1) is 0 Å². The average molecular weight is 329 g/mol. The molecule has 4 nitrogen and oxygen atoms in total. The van der Waals surface area contributed by atoms with Crippen LogP contribution < -0.4 is 0 Å². The number of phenols is 1. The zero-order valence-corrected chi connectivity index (χ0v) is 13.3. The van der Waals surface area contributed by atoms with Crippen LogP contribution in [0.2, 0.25) is 0 Å². The summed E-state index contributed by atoms with van der Waals surface area (Å²) in [6, 6.07) is 4.91. The third kappa shape index (κ3) is 4.84. The van der Waals surface area contributed by atoms with Crippen LogP contribution in [-0.2, 0) is 0 Å². The van der Waals surface area contributed by atoms with Crippen molar-refractivity contribution in [3.8, 4) is 5.75 Å². The van der Waals surface area contributed by atoms with Crippen molar-refractivity contribution >= 4 is 21.8 Å². The minimum Gasteiger partial charge on any atom is -0.507 e. The lowest BCUT2D eigenvalue weighted by Gasteiger charge is -2.22. The summed E-state index contributed by atoms with van der Waals surface area (Å²) in [6.45, 7) is 4.31. The molecule has 1 amide bonds. The lowest BCUT2D eigenvalue weighted by Crippen LogP contribution is -2.33. The Morgan fingerprint density at radius 1 is 1.32 bits per heavy atom. The normalized spacial score (nSPS) is 10.8. The predicted molar refractivity (Wildman–Crippen MR) is 80.6 cm³/mol. The molecule has 1 aromatic carbocycles. The highest BCUT2D eigenvalue weighted by atomic mass is 79.9. The number of halogens is 1. The Morgan fingerprint density at radius 3 is 2.53 bits per heavy atom. The number of hydrogen-bond acceptors (Lipinski definition) is 3. The van der Waals surface area contributed by atoms with E-state index in [1.165, 1.54) is 6.07 Å². The van der Waals surface area contributed by atoms with Gasteiger partial charge in [0.1, 0.15) is 5.75 Å². The molecule has 1 aromatic rings. The number of rotatable bonds is 6. The summed E-state index contributed by atoms with van der Waals surface area (Å²) in [5.41, 5.74) is 0.521. The fourth-order valence-electron chi connectivity index (χ4n) is 1.81. The molecule has 0 saturated carbocycles. The molecule has 19 heavy (non-hydrogen) atoms. The van der Waals surface area contributed by atoms with Crippen molar-refractivity contribution in [1.29, 1.82) is 0 Å². The van der Waals surface area contributed by atoms with Gasteiger partial charge in [-0.1, -0.05) is 0 Å². The summed E-state index contributed by atoms with van der Waals surface area (Å²) in [5, 5.41) is 9.63. The highest BCUT2D eigenvalue weighted by Crippen LogP contribution is 2.24. The minimum atomic E-state index is -0.0379. The van der Waals surface area contributed by atoms with Crippen molar-refractivity contribution in [3.05, 3.63) is 28.2 Å². The molecule has 0 spiro atoms. The van der Waals surface area contributed by atoms with Crippen LogP contribution in [0.25, 0.3) is 0 Å². The minimum absolute atomic E-state index is 0.0379. The second-order valence-electron chi connectivity index (χ2n) is 4.71. The third-order valence-electron chi connectivity index (χ3n) is 2.90. The van der Waals surface area contributed by atoms with Gasteiger partial charge < -0.3 is 14.9 Å². The molecule has 0 aromatic heterocycles. The lowest BCUT2D eigenvalue weighted by atomic mass is 10.2. The lowest BCUT2D eigenvalue weighted by molar-refractivity contribution is 0.0759. The molecule has 0 unspecified atom stereocenters.